The molecule has 0 saturated carbocycles. The SMILES string of the molecule is NNC(=O)c1c(CN2CCC(=O)CC2)oc2ccccc12. The van der Waals surface area contributed by atoms with Crippen LogP contribution in [0.3, 0.4) is 0 Å². The first-order valence-electron chi connectivity index (χ1n) is 6.94. The van der Waals surface area contributed by atoms with E-state index in [1.807, 2.05) is 24.3 Å². The number of ketones is 1. The lowest BCUT2D eigenvalue weighted by molar-refractivity contribution is -0.121. The van der Waals surface area contributed by atoms with Crippen molar-refractivity contribution in [2.45, 2.75) is 19.4 Å². The second kappa shape index (κ2) is 5.67. The smallest absolute Gasteiger partial charge is 0.269 e. The van der Waals surface area contributed by atoms with Crippen molar-refractivity contribution in [1.82, 2.24) is 10.3 Å². The fourth-order valence-electron chi connectivity index (χ4n) is 2.69. The van der Waals surface area contributed by atoms with E-state index in [-0.39, 0.29) is 11.7 Å². The molecule has 0 spiro atoms. The molecule has 0 aliphatic carbocycles. The summed E-state index contributed by atoms with van der Waals surface area (Å²) in [6.45, 7) is 1.89. The summed E-state index contributed by atoms with van der Waals surface area (Å²) in [7, 11) is 0. The summed E-state index contributed by atoms with van der Waals surface area (Å²) in [5.74, 6) is 5.80. The molecule has 2 aromatic rings. The van der Waals surface area contributed by atoms with Crippen LogP contribution in [-0.2, 0) is 11.3 Å². The Balaban J connectivity index is 1.93. The van der Waals surface area contributed by atoms with Crippen LogP contribution in [0.1, 0.15) is 29.0 Å². The van der Waals surface area contributed by atoms with E-state index in [1.54, 1.807) is 0 Å². The lowest BCUT2D eigenvalue weighted by atomic mass is 10.1. The van der Waals surface area contributed by atoms with E-state index < -0.39 is 0 Å². The third-order valence-corrected chi connectivity index (χ3v) is 3.81. The summed E-state index contributed by atoms with van der Waals surface area (Å²) in [4.78, 5) is 25.4. The van der Waals surface area contributed by atoms with Crippen molar-refractivity contribution < 1.29 is 14.0 Å². The monoisotopic (exact) mass is 287 g/mol. The minimum Gasteiger partial charge on any atom is -0.459 e. The van der Waals surface area contributed by atoms with E-state index >= 15 is 0 Å². The Hall–Kier alpha value is -2.18. The van der Waals surface area contributed by atoms with Gasteiger partial charge in [-0.15, -0.1) is 0 Å². The van der Waals surface area contributed by atoms with Gasteiger partial charge in [0, 0.05) is 31.3 Å². The summed E-state index contributed by atoms with van der Waals surface area (Å²) in [5, 5.41) is 0.753. The number of amides is 1. The number of hydrogen-bond acceptors (Lipinski definition) is 5. The molecule has 0 radical (unpaired) electrons. The van der Waals surface area contributed by atoms with Gasteiger partial charge in [-0.05, 0) is 6.07 Å². The Morgan fingerprint density at radius 3 is 2.71 bits per heavy atom. The molecule has 0 unspecified atom stereocenters. The normalized spacial score (nSPS) is 16.3. The van der Waals surface area contributed by atoms with E-state index in [4.69, 9.17) is 10.3 Å². The van der Waals surface area contributed by atoms with Crippen molar-refractivity contribution in [2.24, 2.45) is 5.84 Å². The van der Waals surface area contributed by atoms with Gasteiger partial charge < -0.3 is 4.42 Å². The number of likely N-dealkylation sites (tertiary alicyclic amines) is 1. The maximum atomic E-state index is 12.0. The van der Waals surface area contributed by atoms with Crippen LogP contribution in [-0.4, -0.2) is 29.7 Å². The molecule has 3 N–H and O–H groups in total. The first-order chi connectivity index (χ1) is 10.2. The quantitative estimate of drug-likeness (QED) is 0.503. The largest absolute Gasteiger partial charge is 0.459 e. The third-order valence-electron chi connectivity index (χ3n) is 3.81. The van der Waals surface area contributed by atoms with Gasteiger partial charge in [-0.1, -0.05) is 18.2 Å². The molecule has 0 bridgehead atoms. The van der Waals surface area contributed by atoms with Crippen molar-refractivity contribution in [2.75, 3.05) is 13.1 Å². The molecule has 1 aliphatic rings. The second-order valence-corrected chi connectivity index (χ2v) is 5.18. The highest BCUT2D eigenvalue weighted by atomic mass is 16.3. The molecule has 6 heteroatoms. The van der Waals surface area contributed by atoms with Gasteiger partial charge in [-0.3, -0.25) is 19.9 Å². The maximum Gasteiger partial charge on any atom is 0.269 e. The fraction of sp³-hybridized carbons (Fsp3) is 0.333. The molecule has 1 aromatic carbocycles. The average Bonchev–Trinajstić information content (AvgIpc) is 2.86. The number of para-hydroxylation sites is 1. The average molecular weight is 287 g/mol. The molecule has 3 rings (SSSR count). The Morgan fingerprint density at radius 1 is 1.29 bits per heavy atom. The van der Waals surface area contributed by atoms with Crippen LogP contribution in [0.2, 0.25) is 0 Å². The molecule has 110 valence electrons. The molecule has 1 amide bonds. The number of nitrogens with one attached hydrogen (secondary N) is 1. The van der Waals surface area contributed by atoms with Crippen molar-refractivity contribution in [1.29, 1.82) is 0 Å². The van der Waals surface area contributed by atoms with E-state index in [0.717, 1.165) is 5.39 Å². The van der Waals surface area contributed by atoms with E-state index in [9.17, 15) is 9.59 Å². The lowest BCUT2D eigenvalue weighted by Gasteiger charge is -2.24. The van der Waals surface area contributed by atoms with Crippen LogP contribution in [0.4, 0.5) is 0 Å². The van der Waals surface area contributed by atoms with E-state index in [2.05, 4.69) is 10.3 Å². The van der Waals surface area contributed by atoms with Gasteiger partial charge in [-0.2, -0.15) is 0 Å². The van der Waals surface area contributed by atoms with E-state index in [1.165, 1.54) is 0 Å². The molecule has 2 heterocycles. The summed E-state index contributed by atoms with van der Waals surface area (Å²) >= 11 is 0. The molecular weight excluding hydrogens is 270 g/mol. The number of nitrogens with zero attached hydrogens (tertiary/aromatic N) is 1. The van der Waals surface area contributed by atoms with Crippen LogP contribution in [0.15, 0.2) is 28.7 Å². The number of nitrogens with two attached hydrogens (primary N) is 1. The number of carbonyl (C=O) groups excluding carboxylic acids is 2. The molecule has 6 nitrogen and oxygen atoms in total. The highest BCUT2D eigenvalue weighted by Crippen LogP contribution is 2.27. The van der Waals surface area contributed by atoms with Crippen LogP contribution in [0.25, 0.3) is 11.0 Å². The second-order valence-electron chi connectivity index (χ2n) is 5.18. The Bertz CT molecular complexity index is 683. The number of hydrogen-bond donors (Lipinski definition) is 2. The van der Waals surface area contributed by atoms with Gasteiger partial charge in [0.05, 0.1) is 12.1 Å². The zero-order chi connectivity index (χ0) is 14.8. The van der Waals surface area contributed by atoms with Crippen LogP contribution in [0.5, 0.6) is 0 Å². The molecule has 1 fully saturated rings. The molecular formula is C15H17N3O3. The van der Waals surface area contributed by atoms with Gasteiger partial charge in [0.2, 0.25) is 0 Å². The van der Waals surface area contributed by atoms with Crippen molar-refractivity contribution in [3.63, 3.8) is 0 Å². The predicted molar refractivity (Wildman–Crippen MR) is 77.4 cm³/mol. The highest BCUT2D eigenvalue weighted by Gasteiger charge is 2.23. The summed E-state index contributed by atoms with van der Waals surface area (Å²) < 4.78 is 5.81. The van der Waals surface area contributed by atoms with Gasteiger partial charge in [0.1, 0.15) is 17.1 Å². The molecule has 1 aliphatic heterocycles. The first kappa shape index (κ1) is 13.8. The zero-order valence-electron chi connectivity index (χ0n) is 11.6. The van der Waals surface area contributed by atoms with Crippen molar-refractivity contribution in [3.05, 3.63) is 35.6 Å². The fourth-order valence-corrected chi connectivity index (χ4v) is 2.69. The number of piperidine rings is 1. The number of hydrazine groups is 1. The number of carbonyl (C=O) groups is 2. The third kappa shape index (κ3) is 2.68. The Morgan fingerprint density at radius 2 is 2.00 bits per heavy atom. The topological polar surface area (TPSA) is 88.6 Å². The minimum atomic E-state index is -0.358. The van der Waals surface area contributed by atoms with Gasteiger partial charge in [-0.25, -0.2) is 5.84 Å². The molecule has 1 aromatic heterocycles. The van der Waals surface area contributed by atoms with Gasteiger partial charge in [0.25, 0.3) is 5.91 Å². The van der Waals surface area contributed by atoms with Crippen LogP contribution < -0.4 is 11.3 Å². The van der Waals surface area contributed by atoms with Crippen LogP contribution in [0, 0.1) is 0 Å². The molecule has 1 saturated heterocycles. The summed E-state index contributed by atoms with van der Waals surface area (Å²) in [5.41, 5.74) is 3.32. The maximum absolute atomic E-state index is 12.0. The van der Waals surface area contributed by atoms with Crippen molar-refractivity contribution in [3.8, 4) is 0 Å². The van der Waals surface area contributed by atoms with Crippen LogP contribution >= 0.6 is 0 Å². The first-order valence-corrected chi connectivity index (χ1v) is 6.94. The molecule has 21 heavy (non-hydrogen) atoms. The minimum absolute atomic E-state index is 0.288. The number of benzene rings is 1. The van der Waals surface area contributed by atoms with Gasteiger partial charge in [0.15, 0.2) is 0 Å². The number of rotatable bonds is 3. The van der Waals surface area contributed by atoms with Crippen molar-refractivity contribution >= 4 is 22.7 Å². The number of Topliss-reactive ketones (excluding diaryl/α,β-unsaturated/α-hetero) is 1. The van der Waals surface area contributed by atoms with Gasteiger partial charge >= 0.3 is 0 Å². The number of furan rings is 1. The lowest BCUT2D eigenvalue weighted by Crippen LogP contribution is -2.35. The number of fused-ring (bicyclic) bond motifs is 1. The summed E-state index contributed by atoms with van der Waals surface area (Å²) in [6.07, 6.45) is 1.11. The number of nitrogen functional groups attached to an aromatic ring is 1. The standard InChI is InChI=1S/C15H17N3O3/c16-17-15(20)14-11-3-1-2-4-12(11)21-13(14)9-18-7-5-10(19)6-8-18/h1-4H,5-9,16H2,(H,17,20). The Kier molecular flexibility index (Phi) is 3.72. The van der Waals surface area contributed by atoms with E-state index in [0.29, 0.717) is 49.4 Å². The highest BCUT2D eigenvalue weighted by molar-refractivity contribution is 6.07. The predicted octanol–water partition coefficient (Wildman–Crippen LogP) is 1.20. The Labute approximate surface area is 121 Å². The zero-order valence-corrected chi connectivity index (χ0v) is 11.6. The summed E-state index contributed by atoms with van der Waals surface area (Å²) in [6, 6.07) is 7.38. The molecule has 0 atom stereocenters.